The summed E-state index contributed by atoms with van der Waals surface area (Å²) >= 11 is 1.19. The molecule has 1 aromatic carbocycles. The van der Waals surface area contributed by atoms with Crippen LogP contribution >= 0.6 is 11.8 Å². The fourth-order valence-corrected chi connectivity index (χ4v) is 1.95. The van der Waals surface area contributed by atoms with Crippen LogP contribution in [0.5, 0.6) is 0 Å². The van der Waals surface area contributed by atoms with E-state index in [-0.39, 0.29) is 23.1 Å². The van der Waals surface area contributed by atoms with E-state index < -0.39 is 11.6 Å². The summed E-state index contributed by atoms with van der Waals surface area (Å²) in [6.45, 7) is 8.07. The van der Waals surface area contributed by atoms with Gasteiger partial charge >= 0.3 is 0 Å². The lowest BCUT2D eigenvalue weighted by molar-refractivity contribution is -0.119. The Hall–Kier alpha value is -1.10. The topological polar surface area (TPSA) is 29.1 Å². The number of amides is 1. The third-order valence-electron chi connectivity index (χ3n) is 2.94. The lowest BCUT2D eigenvalue weighted by atomic mass is 9.88. The summed E-state index contributed by atoms with van der Waals surface area (Å²) in [5.41, 5.74) is -0.0116. The number of carbonyl (C=O) groups excluding carboxylic acids is 1. The van der Waals surface area contributed by atoms with Gasteiger partial charge in [-0.3, -0.25) is 4.79 Å². The van der Waals surface area contributed by atoms with Crippen molar-refractivity contribution in [2.75, 3.05) is 5.75 Å². The molecular formula is C14H19F2NOS. The Balaban J connectivity index is 2.48. The Kier molecular flexibility index (Phi) is 5.35. The van der Waals surface area contributed by atoms with Crippen molar-refractivity contribution in [2.45, 2.75) is 38.6 Å². The number of nitrogens with one attached hydrogen (secondary N) is 1. The lowest BCUT2D eigenvalue weighted by Gasteiger charge is -2.28. The summed E-state index contributed by atoms with van der Waals surface area (Å²) in [4.78, 5) is 12.3. The van der Waals surface area contributed by atoms with Gasteiger partial charge in [-0.05, 0) is 30.5 Å². The van der Waals surface area contributed by atoms with E-state index in [1.54, 1.807) is 0 Å². The lowest BCUT2D eigenvalue weighted by Crippen LogP contribution is -2.42. The van der Waals surface area contributed by atoms with Crippen molar-refractivity contribution >= 4 is 17.7 Å². The second kappa shape index (κ2) is 6.37. The summed E-state index contributed by atoms with van der Waals surface area (Å²) in [6.07, 6.45) is 0. The molecule has 0 heterocycles. The van der Waals surface area contributed by atoms with Gasteiger partial charge in [-0.15, -0.1) is 11.8 Å². The summed E-state index contributed by atoms with van der Waals surface area (Å²) in [5.74, 6) is -1.70. The Morgan fingerprint density at radius 2 is 1.95 bits per heavy atom. The first kappa shape index (κ1) is 16.0. The van der Waals surface area contributed by atoms with Crippen LogP contribution in [0.3, 0.4) is 0 Å². The largest absolute Gasteiger partial charge is 0.352 e. The molecule has 0 saturated heterocycles. The summed E-state index contributed by atoms with van der Waals surface area (Å²) in [6, 6.07) is 3.67. The minimum Gasteiger partial charge on any atom is -0.352 e. The number of halogens is 2. The van der Waals surface area contributed by atoms with Crippen LogP contribution in [0.2, 0.25) is 0 Å². The monoisotopic (exact) mass is 287 g/mol. The molecule has 1 unspecified atom stereocenters. The van der Waals surface area contributed by atoms with Crippen molar-refractivity contribution in [1.82, 2.24) is 5.32 Å². The number of hydrogen-bond acceptors (Lipinski definition) is 2. The molecule has 0 fully saturated rings. The average Bonchev–Trinajstić information content (AvgIpc) is 2.29. The maximum Gasteiger partial charge on any atom is 0.230 e. The second-order valence-electron chi connectivity index (χ2n) is 5.52. The summed E-state index contributed by atoms with van der Waals surface area (Å²) in [7, 11) is 0. The van der Waals surface area contributed by atoms with Gasteiger partial charge in [-0.25, -0.2) is 8.78 Å². The third kappa shape index (κ3) is 5.19. The maximum atomic E-state index is 13.0. The highest BCUT2D eigenvalue weighted by Gasteiger charge is 2.21. The molecule has 1 atom stereocenters. The van der Waals surface area contributed by atoms with E-state index in [2.05, 4.69) is 5.32 Å². The van der Waals surface area contributed by atoms with Gasteiger partial charge in [0, 0.05) is 10.9 Å². The Bertz CT molecular complexity index is 457. The highest BCUT2D eigenvalue weighted by atomic mass is 32.2. The van der Waals surface area contributed by atoms with Crippen LogP contribution < -0.4 is 5.32 Å². The van der Waals surface area contributed by atoms with Gasteiger partial charge in [-0.2, -0.15) is 0 Å². The molecule has 0 aliphatic heterocycles. The minimum absolute atomic E-state index is 0.0116. The standard InChI is InChI=1S/C14H19F2NOS/c1-9(14(2,3)4)17-13(18)8-19-10-5-6-11(15)12(16)7-10/h5-7,9H,8H2,1-4H3,(H,17,18). The van der Waals surface area contributed by atoms with Gasteiger partial charge in [0.05, 0.1) is 5.75 Å². The molecule has 106 valence electrons. The summed E-state index contributed by atoms with van der Waals surface area (Å²) < 4.78 is 25.7. The van der Waals surface area contributed by atoms with E-state index in [0.717, 1.165) is 12.1 Å². The van der Waals surface area contributed by atoms with Gasteiger partial charge < -0.3 is 5.32 Å². The Morgan fingerprint density at radius 3 is 2.47 bits per heavy atom. The molecular weight excluding hydrogens is 268 g/mol. The van der Waals surface area contributed by atoms with Gasteiger partial charge in [0.2, 0.25) is 5.91 Å². The fourth-order valence-electron chi connectivity index (χ4n) is 1.22. The highest BCUT2D eigenvalue weighted by Crippen LogP contribution is 2.21. The minimum atomic E-state index is -0.895. The first-order valence-electron chi connectivity index (χ1n) is 6.07. The predicted molar refractivity (Wildman–Crippen MR) is 74.1 cm³/mol. The molecule has 2 nitrogen and oxygen atoms in total. The molecule has 1 N–H and O–H groups in total. The first-order valence-corrected chi connectivity index (χ1v) is 7.06. The molecule has 0 bridgehead atoms. The molecule has 0 radical (unpaired) electrons. The van der Waals surface area contributed by atoms with Gasteiger partial charge in [0.25, 0.3) is 0 Å². The summed E-state index contributed by atoms with van der Waals surface area (Å²) in [5, 5.41) is 2.89. The van der Waals surface area contributed by atoms with Crippen LogP contribution in [0, 0.1) is 17.0 Å². The van der Waals surface area contributed by atoms with Crippen molar-refractivity contribution in [2.24, 2.45) is 5.41 Å². The SMILES string of the molecule is CC(NC(=O)CSc1ccc(F)c(F)c1)C(C)(C)C. The molecule has 1 aromatic rings. The molecule has 0 aliphatic rings. The van der Waals surface area contributed by atoms with Gasteiger partial charge in [0.15, 0.2) is 11.6 Å². The van der Waals surface area contributed by atoms with Crippen molar-refractivity contribution in [1.29, 1.82) is 0 Å². The smallest absolute Gasteiger partial charge is 0.230 e. The first-order chi connectivity index (χ1) is 8.70. The van der Waals surface area contributed by atoms with Gasteiger partial charge in [0.1, 0.15) is 0 Å². The number of carbonyl (C=O) groups is 1. The van der Waals surface area contributed by atoms with E-state index in [4.69, 9.17) is 0 Å². The van der Waals surface area contributed by atoms with Crippen molar-refractivity contribution in [3.8, 4) is 0 Å². The molecule has 0 aromatic heterocycles. The molecule has 1 rings (SSSR count). The van der Waals surface area contributed by atoms with E-state index >= 15 is 0 Å². The van der Waals surface area contributed by atoms with Crippen molar-refractivity contribution in [3.63, 3.8) is 0 Å². The molecule has 0 spiro atoms. The second-order valence-corrected chi connectivity index (χ2v) is 6.57. The number of hydrogen-bond donors (Lipinski definition) is 1. The van der Waals surface area contributed by atoms with E-state index in [9.17, 15) is 13.6 Å². The third-order valence-corrected chi connectivity index (χ3v) is 3.93. The Morgan fingerprint density at radius 1 is 1.32 bits per heavy atom. The molecule has 0 aliphatic carbocycles. The molecule has 1 amide bonds. The van der Waals surface area contributed by atoms with Crippen LogP contribution in [-0.4, -0.2) is 17.7 Å². The average molecular weight is 287 g/mol. The fraction of sp³-hybridized carbons (Fsp3) is 0.500. The number of benzene rings is 1. The van der Waals surface area contributed by atoms with Crippen molar-refractivity contribution < 1.29 is 13.6 Å². The Labute approximate surface area is 117 Å². The van der Waals surface area contributed by atoms with Crippen LogP contribution in [0.1, 0.15) is 27.7 Å². The van der Waals surface area contributed by atoms with Crippen LogP contribution in [0.4, 0.5) is 8.78 Å². The van der Waals surface area contributed by atoms with E-state index in [0.29, 0.717) is 4.90 Å². The molecule has 19 heavy (non-hydrogen) atoms. The van der Waals surface area contributed by atoms with Crippen molar-refractivity contribution in [3.05, 3.63) is 29.8 Å². The van der Waals surface area contributed by atoms with E-state index in [1.165, 1.54) is 17.8 Å². The molecule has 0 saturated carbocycles. The quantitative estimate of drug-likeness (QED) is 0.857. The van der Waals surface area contributed by atoms with Crippen LogP contribution in [-0.2, 0) is 4.79 Å². The van der Waals surface area contributed by atoms with Gasteiger partial charge in [-0.1, -0.05) is 20.8 Å². The maximum absolute atomic E-state index is 13.0. The highest BCUT2D eigenvalue weighted by molar-refractivity contribution is 8.00. The van der Waals surface area contributed by atoms with Crippen LogP contribution in [0.15, 0.2) is 23.1 Å². The van der Waals surface area contributed by atoms with E-state index in [1.807, 2.05) is 27.7 Å². The van der Waals surface area contributed by atoms with Crippen LogP contribution in [0.25, 0.3) is 0 Å². The normalized spacial score (nSPS) is 13.2. The zero-order valence-corrected chi connectivity index (χ0v) is 12.4. The predicted octanol–water partition coefficient (Wildman–Crippen LogP) is 3.61. The zero-order valence-electron chi connectivity index (χ0n) is 11.6. The number of rotatable bonds is 4. The zero-order chi connectivity index (χ0) is 14.6. The molecule has 5 heteroatoms. The number of thioether (sulfide) groups is 1.